The number of rotatable bonds is 7. The van der Waals surface area contributed by atoms with E-state index < -0.39 is 0 Å². The minimum absolute atomic E-state index is 0.0866. The Labute approximate surface area is 197 Å². The van der Waals surface area contributed by atoms with Gasteiger partial charge in [-0.25, -0.2) is 9.67 Å². The molecule has 0 unspecified atom stereocenters. The van der Waals surface area contributed by atoms with E-state index in [1.54, 1.807) is 22.9 Å². The largest absolute Gasteiger partial charge is 0.379 e. The number of ether oxygens (including phenoxy) is 1. The Morgan fingerprint density at radius 2 is 1.75 bits per heavy atom. The van der Waals surface area contributed by atoms with Gasteiger partial charge in [0.15, 0.2) is 0 Å². The Hall–Kier alpha value is -2.45. The normalized spacial score (nSPS) is 14.5. The van der Waals surface area contributed by atoms with Crippen LogP contribution in [0.15, 0.2) is 42.5 Å². The molecule has 1 fully saturated rings. The first-order valence-corrected chi connectivity index (χ1v) is 11.4. The average molecular weight is 474 g/mol. The van der Waals surface area contributed by atoms with Crippen molar-refractivity contribution in [2.45, 2.75) is 26.4 Å². The van der Waals surface area contributed by atoms with Crippen molar-refractivity contribution >= 4 is 29.1 Å². The number of benzene rings is 2. The summed E-state index contributed by atoms with van der Waals surface area (Å²) in [6.07, 6.45) is 0.574. The highest BCUT2D eigenvalue weighted by atomic mass is 35.5. The molecule has 2 heterocycles. The first-order valence-electron chi connectivity index (χ1n) is 10.6. The molecule has 0 spiro atoms. The van der Waals surface area contributed by atoms with Crippen molar-refractivity contribution in [3.8, 4) is 5.69 Å². The number of nitrogens with one attached hydrogen (secondary N) is 1. The van der Waals surface area contributed by atoms with E-state index in [1.807, 2.05) is 25.1 Å². The summed E-state index contributed by atoms with van der Waals surface area (Å²) < 4.78 is 6.98. The molecule has 1 aliphatic rings. The highest BCUT2D eigenvalue weighted by Crippen LogP contribution is 2.28. The van der Waals surface area contributed by atoms with Crippen molar-refractivity contribution in [1.82, 2.24) is 25.0 Å². The Kier molecular flexibility index (Phi) is 7.42. The van der Waals surface area contributed by atoms with E-state index >= 15 is 0 Å². The van der Waals surface area contributed by atoms with Crippen LogP contribution in [0.4, 0.5) is 0 Å². The van der Waals surface area contributed by atoms with E-state index in [9.17, 15) is 4.79 Å². The monoisotopic (exact) mass is 473 g/mol. The van der Waals surface area contributed by atoms with Gasteiger partial charge in [0.2, 0.25) is 5.82 Å². The molecule has 0 atom stereocenters. The van der Waals surface area contributed by atoms with Crippen molar-refractivity contribution in [3.63, 3.8) is 0 Å². The van der Waals surface area contributed by atoms with Crippen molar-refractivity contribution < 1.29 is 9.53 Å². The van der Waals surface area contributed by atoms with Gasteiger partial charge in [-0.15, -0.1) is 5.10 Å². The van der Waals surface area contributed by atoms with Gasteiger partial charge in [-0.1, -0.05) is 60.5 Å². The molecule has 0 bridgehead atoms. The molecular formula is C23H25Cl2N5O2. The molecule has 9 heteroatoms. The lowest BCUT2D eigenvalue weighted by atomic mass is 10.1. The molecule has 0 aliphatic carbocycles. The summed E-state index contributed by atoms with van der Waals surface area (Å²) in [7, 11) is 0. The van der Waals surface area contributed by atoms with E-state index in [2.05, 4.69) is 26.4 Å². The predicted octanol–water partition coefficient (Wildman–Crippen LogP) is 3.90. The topological polar surface area (TPSA) is 72.3 Å². The molecule has 3 aromatic rings. The minimum Gasteiger partial charge on any atom is -0.379 e. The van der Waals surface area contributed by atoms with Crippen LogP contribution in [0.3, 0.4) is 0 Å². The number of carbonyl (C=O) groups excluding carboxylic acids is 1. The zero-order valence-corrected chi connectivity index (χ0v) is 19.4. The molecular weight excluding hydrogens is 449 g/mol. The molecule has 2 aromatic carbocycles. The molecule has 0 radical (unpaired) electrons. The van der Waals surface area contributed by atoms with Gasteiger partial charge in [-0.05, 0) is 23.3 Å². The van der Waals surface area contributed by atoms with Gasteiger partial charge < -0.3 is 10.1 Å². The fraction of sp³-hybridized carbons (Fsp3) is 0.348. The van der Waals surface area contributed by atoms with E-state index in [0.717, 1.165) is 38.4 Å². The van der Waals surface area contributed by atoms with Crippen LogP contribution < -0.4 is 5.32 Å². The third-order valence-corrected chi connectivity index (χ3v) is 6.01. The van der Waals surface area contributed by atoms with Gasteiger partial charge in [0, 0.05) is 32.6 Å². The highest BCUT2D eigenvalue weighted by molar-refractivity contribution is 6.37. The number of hydrogen-bond donors (Lipinski definition) is 1. The van der Waals surface area contributed by atoms with E-state index in [4.69, 9.17) is 27.9 Å². The summed E-state index contributed by atoms with van der Waals surface area (Å²) in [5, 5.41) is 8.25. The summed E-state index contributed by atoms with van der Waals surface area (Å²) in [6, 6.07) is 13.3. The molecule has 0 saturated carbocycles. The Morgan fingerprint density at radius 3 is 2.44 bits per heavy atom. The summed E-state index contributed by atoms with van der Waals surface area (Å²) in [5.41, 5.74) is 2.78. The lowest BCUT2D eigenvalue weighted by Gasteiger charge is -2.27. The standard InChI is InChI=1S/C23H25Cl2N5O2/c1-2-20-27-22(28-30(20)21-18(24)8-5-9-19(21)25)23(31)26-14-16-6-3-4-7-17(16)15-29-10-12-32-13-11-29/h3-9H,2,10-15H2,1H3,(H,26,31). The maximum Gasteiger partial charge on any atom is 0.291 e. The summed E-state index contributed by atoms with van der Waals surface area (Å²) in [4.78, 5) is 19.6. The first-order chi connectivity index (χ1) is 15.6. The number of hydrogen-bond acceptors (Lipinski definition) is 5. The van der Waals surface area contributed by atoms with Crippen LogP contribution in [-0.2, 0) is 24.2 Å². The van der Waals surface area contributed by atoms with Crippen LogP contribution in [-0.4, -0.2) is 51.9 Å². The van der Waals surface area contributed by atoms with Crippen LogP contribution in [0.1, 0.15) is 34.5 Å². The van der Waals surface area contributed by atoms with Crippen molar-refractivity contribution in [3.05, 3.63) is 75.3 Å². The summed E-state index contributed by atoms with van der Waals surface area (Å²) in [5.74, 6) is 0.351. The number of carbonyl (C=O) groups is 1. The van der Waals surface area contributed by atoms with Crippen molar-refractivity contribution in [2.75, 3.05) is 26.3 Å². The maximum absolute atomic E-state index is 12.9. The number of aromatic nitrogens is 3. The highest BCUT2D eigenvalue weighted by Gasteiger charge is 2.20. The van der Waals surface area contributed by atoms with Crippen molar-refractivity contribution in [2.24, 2.45) is 0 Å². The van der Waals surface area contributed by atoms with E-state index in [1.165, 1.54) is 5.56 Å². The zero-order chi connectivity index (χ0) is 22.5. The fourth-order valence-electron chi connectivity index (χ4n) is 3.68. The third-order valence-electron chi connectivity index (χ3n) is 5.40. The quantitative estimate of drug-likeness (QED) is 0.563. The van der Waals surface area contributed by atoms with Crippen LogP contribution in [0, 0.1) is 0 Å². The lowest BCUT2D eigenvalue weighted by molar-refractivity contribution is 0.0340. The molecule has 1 amide bonds. The minimum atomic E-state index is -0.345. The predicted molar refractivity (Wildman–Crippen MR) is 124 cm³/mol. The van der Waals surface area contributed by atoms with Gasteiger partial charge in [0.05, 0.1) is 23.3 Å². The fourth-order valence-corrected chi connectivity index (χ4v) is 4.24. The Balaban J connectivity index is 1.49. The summed E-state index contributed by atoms with van der Waals surface area (Å²) >= 11 is 12.7. The van der Waals surface area contributed by atoms with Gasteiger partial charge in [0.1, 0.15) is 11.5 Å². The third kappa shape index (κ3) is 5.13. The van der Waals surface area contributed by atoms with Gasteiger partial charge in [-0.2, -0.15) is 0 Å². The van der Waals surface area contributed by atoms with Crippen molar-refractivity contribution in [1.29, 1.82) is 0 Å². The molecule has 168 valence electrons. The number of amides is 1. The molecule has 1 aromatic heterocycles. The Morgan fingerprint density at radius 1 is 1.06 bits per heavy atom. The molecule has 1 saturated heterocycles. The number of para-hydroxylation sites is 1. The van der Waals surface area contributed by atoms with Gasteiger partial charge in [-0.3, -0.25) is 9.69 Å². The zero-order valence-electron chi connectivity index (χ0n) is 17.9. The molecule has 4 rings (SSSR count). The van der Waals surface area contributed by atoms with Crippen LogP contribution in [0.5, 0.6) is 0 Å². The summed E-state index contributed by atoms with van der Waals surface area (Å²) in [6.45, 7) is 6.48. The maximum atomic E-state index is 12.9. The second-order valence-corrected chi connectivity index (χ2v) is 8.34. The van der Waals surface area contributed by atoms with E-state index in [-0.39, 0.29) is 11.7 Å². The second-order valence-electron chi connectivity index (χ2n) is 7.53. The molecule has 1 N–H and O–H groups in total. The van der Waals surface area contributed by atoms with Crippen LogP contribution >= 0.6 is 23.2 Å². The number of morpholine rings is 1. The van der Waals surface area contributed by atoms with Gasteiger partial charge >= 0.3 is 0 Å². The molecule has 1 aliphatic heterocycles. The van der Waals surface area contributed by atoms with Gasteiger partial charge in [0.25, 0.3) is 5.91 Å². The average Bonchev–Trinajstić information content (AvgIpc) is 3.23. The molecule has 32 heavy (non-hydrogen) atoms. The number of aryl methyl sites for hydroxylation is 1. The smallest absolute Gasteiger partial charge is 0.291 e. The van der Waals surface area contributed by atoms with E-state index in [0.29, 0.717) is 34.5 Å². The second kappa shape index (κ2) is 10.4. The number of halogens is 2. The first kappa shape index (κ1) is 22.7. The SMILES string of the molecule is CCc1nc(C(=O)NCc2ccccc2CN2CCOCC2)nn1-c1c(Cl)cccc1Cl. The van der Waals surface area contributed by atoms with Crippen LogP contribution in [0.2, 0.25) is 10.0 Å². The molecule has 7 nitrogen and oxygen atoms in total. The lowest BCUT2D eigenvalue weighted by Crippen LogP contribution is -2.36. The van der Waals surface area contributed by atoms with Crippen LogP contribution in [0.25, 0.3) is 5.69 Å². The number of nitrogens with zero attached hydrogens (tertiary/aromatic N) is 4. The Bertz CT molecular complexity index is 1080.